The van der Waals surface area contributed by atoms with Crippen LogP contribution >= 0.6 is 0 Å². The number of amides is 1. The molecule has 0 aliphatic carbocycles. The Morgan fingerprint density at radius 2 is 1.63 bits per heavy atom. The molecule has 0 spiro atoms. The molecule has 2 atom stereocenters. The van der Waals surface area contributed by atoms with Crippen molar-refractivity contribution in [2.75, 3.05) is 33.5 Å². The van der Waals surface area contributed by atoms with Crippen molar-refractivity contribution < 1.29 is 33.6 Å². The zero-order chi connectivity index (χ0) is 20.0. The van der Waals surface area contributed by atoms with Gasteiger partial charge in [-0.05, 0) is 32.9 Å². The maximum Gasteiger partial charge on any atom is 0.326 e. The van der Waals surface area contributed by atoms with Crippen LogP contribution in [0.4, 0.5) is 0 Å². The van der Waals surface area contributed by atoms with Crippen LogP contribution in [0.25, 0.3) is 0 Å². The van der Waals surface area contributed by atoms with Gasteiger partial charge < -0.3 is 29.0 Å². The molecular weight excluding hydrogens is 354 g/mol. The Bertz CT molecular complexity index is 649. The zero-order valence-corrected chi connectivity index (χ0v) is 16.2. The van der Waals surface area contributed by atoms with E-state index in [0.717, 1.165) is 0 Å². The van der Waals surface area contributed by atoms with E-state index in [1.165, 1.54) is 12.0 Å². The number of rotatable bonds is 9. The Hall–Kier alpha value is -2.48. The fourth-order valence-electron chi connectivity index (χ4n) is 3.10. The highest BCUT2D eigenvalue weighted by atomic mass is 16.5. The molecule has 1 aliphatic rings. The first-order valence-electron chi connectivity index (χ1n) is 9.09. The number of ether oxygens (including phenoxy) is 4. The summed E-state index contributed by atoms with van der Waals surface area (Å²) in [6.07, 6.45) is -0.0546. The molecular formula is C19H27NO7. The number of aliphatic carboxylic acids is 1. The molecule has 150 valence electrons. The standard InChI is InChI=1S/C19H27NO7/c1-5-25-15-8-12(9-16(26-6-2)17(15)27-7-3)18(21)20-11-13(24-4)10-14(20)19(22)23/h8-9,13-14H,5-7,10-11H2,1-4H3,(H,22,23). The van der Waals surface area contributed by atoms with Crippen LogP contribution in [0.5, 0.6) is 17.2 Å². The lowest BCUT2D eigenvalue weighted by Crippen LogP contribution is -2.40. The predicted molar refractivity (Wildman–Crippen MR) is 97.8 cm³/mol. The van der Waals surface area contributed by atoms with Crippen LogP contribution in [0.15, 0.2) is 12.1 Å². The van der Waals surface area contributed by atoms with E-state index < -0.39 is 17.9 Å². The molecule has 1 saturated heterocycles. The molecule has 8 heteroatoms. The molecule has 27 heavy (non-hydrogen) atoms. The van der Waals surface area contributed by atoms with Gasteiger partial charge in [0.05, 0.1) is 25.9 Å². The molecule has 1 amide bonds. The van der Waals surface area contributed by atoms with Crippen LogP contribution in [-0.4, -0.2) is 67.5 Å². The van der Waals surface area contributed by atoms with E-state index >= 15 is 0 Å². The Morgan fingerprint density at radius 1 is 1.07 bits per heavy atom. The lowest BCUT2D eigenvalue weighted by Gasteiger charge is -2.23. The van der Waals surface area contributed by atoms with Crippen molar-refractivity contribution in [2.45, 2.75) is 39.3 Å². The van der Waals surface area contributed by atoms with Gasteiger partial charge in [0.15, 0.2) is 11.5 Å². The van der Waals surface area contributed by atoms with E-state index in [2.05, 4.69) is 0 Å². The first-order chi connectivity index (χ1) is 13.0. The molecule has 0 bridgehead atoms. The van der Waals surface area contributed by atoms with Crippen molar-refractivity contribution in [1.82, 2.24) is 4.90 Å². The summed E-state index contributed by atoms with van der Waals surface area (Å²) in [5, 5.41) is 9.47. The van der Waals surface area contributed by atoms with Gasteiger partial charge in [0.25, 0.3) is 5.91 Å². The van der Waals surface area contributed by atoms with Gasteiger partial charge >= 0.3 is 5.97 Å². The second kappa shape index (κ2) is 9.45. The van der Waals surface area contributed by atoms with E-state index in [1.807, 2.05) is 20.8 Å². The van der Waals surface area contributed by atoms with E-state index in [0.29, 0.717) is 37.1 Å². The normalized spacial score (nSPS) is 19.0. The molecule has 0 radical (unpaired) electrons. The largest absolute Gasteiger partial charge is 0.490 e. The third-order valence-corrected chi connectivity index (χ3v) is 4.30. The second-order valence-electron chi connectivity index (χ2n) is 6.01. The van der Waals surface area contributed by atoms with Crippen LogP contribution in [0, 0.1) is 0 Å². The third kappa shape index (κ3) is 4.63. The average molecular weight is 381 g/mol. The van der Waals surface area contributed by atoms with Crippen molar-refractivity contribution in [3.8, 4) is 17.2 Å². The SMILES string of the molecule is CCOc1cc(C(=O)N2CC(OC)CC2C(=O)O)cc(OCC)c1OCC. The van der Waals surface area contributed by atoms with Gasteiger partial charge in [-0.1, -0.05) is 0 Å². The summed E-state index contributed by atoms with van der Waals surface area (Å²) in [7, 11) is 1.51. The van der Waals surface area contributed by atoms with Crippen molar-refractivity contribution in [2.24, 2.45) is 0 Å². The molecule has 1 fully saturated rings. The summed E-state index contributed by atoms with van der Waals surface area (Å²) in [6, 6.07) is 2.21. The van der Waals surface area contributed by atoms with E-state index in [4.69, 9.17) is 18.9 Å². The Kier molecular flexibility index (Phi) is 7.29. The summed E-state index contributed by atoms with van der Waals surface area (Å²) in [4.78, 5) is 25.9. The molecule has 1 aromatic rings. The summed E-state index contributed by atoms with van der Waals surface area (Å²) >= 11 is 0. The summed E-state index contributed by atoms with van der Waals surface area (Å²) < 4.78 is 22.2. The number of likely N-dealkylation sites (tertiary alicyclic amines) is 1. The molecule has 1 heterocycles. The maximum atomic E-state index is 13.1. The fraction of sp³-hybridized carbons (Fsp3) is 0.579. The van der Waals surface area contributed by atoms with Crippen LogP contribution in [0.1, 0.15) is 37.6 Å². The van der Waals surface area contributed by atoms with E-state index in [1.54, 1.807) is 12.1 Å². The van der Waals surface area contributed by atoms with Gasteiger partial charge in [-0.25, -0.2) is 4.79 Å². The molecule has 1 aliphatic heterocycles. The Labute approximate surface area is 159 Å². The first-order valence-corrected chi connectivity index (χ1v) is 9.09. The van der Waals surface area contributed by atoms with Crippen LogP contribution in [0.2, 0.25) is 0 Å². The molecule has 2 rings (SSSR count). The molecule has 1 N–H and O–H groups in total. The highest BCUT2D eigenvalue weighted by molar-refractivity contribution is 5.98. The van der Waals surface area contributed by atoms with Crippen LogP contribution < -0.4 is 14.2 Å². The van der Waals surface area contributed by atoms with Gasteiger partial charge in [0, 0.05) is 25.6 Å². The molecule has 8 nitrogen and oxygen atoms in total. The maximum absolute atomic E-state index is 13.1. The summed E-state index contributed by atoms with van der Waals surface area (Å²) in [6.45, 7) is 6.90. The Morgan fingerprint density at radius 3 is 2.07 bits per heavy atom. The second-order valence-corrected chi connectivity index (χ2v) is 6.01. The number of carboxylic acid groups (broad SMARTS) is 1. The summed E-state index contributed by atoms with van der Waals surface area (Å²) in [5.74, 6) is -0.245. The molecule has 1 aromatic carbocycles. The molecule has 0 saturated carbocycles. The van der Waals surface area contributed by atoms with Gasteiger partial charge in [0.1, 0.15) is 6.04 Å². The van der Waals surface area contributed by atoms with Crippen molar-refractivity contribution in [1.29, 1.82) is 0 Å². The van der Waals surface area contributed by atoms with E-state index in [9.17, 15) is 14.7 Å². The summed E-state index contributed by atoms with van der Waals surface area (Å²) in [5.41, 5.74) is 0.286. The number of benzene rings is 1. The number of methoxy groups -OCH3 is 1. The van der Waals surface area contributed by atoms with Gasteiger partial charge in [0.2, 0.25) is 5.75 Å². The first kappa shape index (κ1) is 20.8. The fourth-order valence-corrected chi connectivity index (χ4v) is 3.10. The quantitative estimate of drug-likeness (QED) is 0.701. The predicted octanol–water partition coefficient (Wildman–Crippen LogP) is 2.20. The monoisotopic (exact) mass is 381 g/mol. The van der Waals surface area contributed by atoms with Crippen LogP contribution in [0.3, 0.4) is 0 Å². The number of carbonyl (C=O) groups is 2. The Balaban J connectivity index is 2.43. The number of nitrogens with zero attached hydrogens (tertiary/aromatic N) is 1. The zero-order valence-electron chi connectivity index (χ0n) is 16.2. The number of hydrogen-bond acceptors (Lipinski definition) is 6. The number of carboxylic acids is 1. The number of hydrogen-bond donors (Lipinski definition) is 1. The van der Waals surface area contributed by atoms with Crippen molar-refractivity contribution in [3.05, 3.63) is 17.7 Å². The van der Waals surface area contributed by atoms with Gasteiger partial charge in [-0.2, -0.15) is 0 Å². The minimum Gasteiger partial charge on any atom is -0.490 e. The lowest BCUT2D eigenvalue weighted by atomic mass is 10.1. The van der Waals surface area contributed by atoms with Crippen molar-refractivity contribution in [3.63, 3.8) is 0 Å². The smallest absolute Gasteiger partial charge is 0.326 e. The minimum absolute atomic E-state index is 0.216. The van der Waals surface area contributed by atoms with Gasteiger partial charge in [-0.15, -0.1) is 0 Å². The highest BCUT2D eigenvalue weighted by Crippen LogP contribution is 2.40. The van der Waals surface area contributed by atoms with Gasteiger partial charge in [-0.3, -0.25) is 4.79 Å². The number of carbonyl (C=O) groups excluding carboxylic acids is 1. The minimum atomic E-state index is -1.05. The highest BCUT2D eigenvalue weighted by Gasteiger charge is 2.40. The topological polar surface area (TPSA) is 94.5 Å². The van der Waals surface area contributed by atoms with E-state index in [-0.39, 0.29) is 24.6 Å². The van der Waals surface area contributed by atoms with Crippen molar-refractivity contribution >= 4 is 11.9 Å². The molecule has 2 unspecified atom stereocenters. The van der Waals surface area contributed by atoms with Crippen LogP contribution in [-0.2, 0) is 9.53 Å². The average Bonchev–Trinajstić information content (AvgIpc) is 3.08. The lowest BCUT2D eigenvalue weighted by molar-refractivity contribution is -0.141. The molecule has 0 aromatic heterocycles. The third-order valence-electron chi connectivity index (χ3n) is 4.30.